The molecule has 0 spiro atoms. The zero-order chi connectivity index (χ0) is 9.68. The molecule has 4 heteroatoms. The van der Waals surface area contributed by atoms with Gasteiger partial charge in [-0.3, -0.25) is 0 Å². The van der Waals surface area contributed by atoms with Crippen molar-refractivity contribution >= 4 is 0 Å². The molecule has 1 fully saturated rings. The second kappa shape index (κ2) is 5.54. The smallest absolute Gasteiger partial charge is 0.0959 e. The third-order valence-corrected chi connectivity index (χ3v) is 2.34. The molecule has 3 unspecified atom stereocenters. The minimum Gasteiger partial charge on any atom is -0.394 e. The first-order valence-electron chi connectivity index (χ1n) is 4.86. The summed E-state index contributed by atoms with van der Waals surface area (Å²) in [6.07, 6.45) is 2.46. The summed E-state index contributed by atoms with van der Waals surface area (Å²) in [5.41, 5.74) is 5.55. The molecule has 0 amide bonds. The molecule has 78 valence electrons. The third kappa shape index (κ3) is 3.23. The normalized spacial score (nSPS) is 30.7. The number of ether oxygens (including phenoxy) is 2. The number of hydrogen-bond acceptors (Lipinski definition) is 4. The van der Waals surface area contributed by atoms with E-state index in [1.807, 2.05) is 0 Å². The van der Waals surface area contributed by atoms with Crippen molar-refractivity contribution in [2.24, 2.45) is 5.73 Å². The van der Waals surface area contributed by atoms with E-state index in [0.29, 0.717) is 19.3 Å². The highest BCUT2D eigenvalue weighted by atomic mass is 16.6. The van der Waals surface area contributed by atoms with E-state index < -0.39 is 0 Å². The monoisotopic (exact) mass is 189 g/mol. The molecule has 1 heterocycles. The van der Waals surface area contributed by atoms with Crippen LogP contribution < -0.4 is 5.73 Å². The van der Waals surface area contributed by atoms with Crippen molar-refractivity contribution in [2.45, 2.75) is 38.1 Å². The molecule has 0 aromatic carbocycles. The lowest BCUT2D eigenvalue weighted by Gasteiger charge is -2.22. The first-order valence-corrected chi connectivity index (χ1v) is 4.86. The van der Waals surface area contributed by atoms with Gasteiger partial charge < -0.3 is 20.3 Å². The zero-order valence-electron chi connectivity index (χ0n) is 8.11. The zero-order valence-corrected chi connectivity index (χ0v) is 8.11. The van der Waals surface area contributed by atoms with Gasteiger partial charge in [0.1, 0.15) is 0 Å². The van der Waals surface area contributed by atoms with Crippen LogP contribution in [-0.4, -0.2) is 43.2 Å². The van der Waals surface area contributed by atoms with Gasteiger partial charge in [-0.2, -0.15) is 0 Å². The van der Waals surface area contributed by atoms with Crippen molar-refractivity contribution in [1.29, 1.82) is 0 Å². The molecule has 0 radical (unpaired) electrons. The SMILES string of the molecule is CC1CCC(C(CN)OCCO)O1. The van der Waals surface area contributed by atoms with E-state index in [1.165, 1.54) is 0 Å². The molecule has 3 atom stereocenters. The maximum atomic E-state index is 8.60. The Labute approximate surface area is 79.0 Å². The Balaban J connectivity index is 2.29. The summed E-state index contributed by atoms with van der Waals surface area (Å²) in [5.74, 6) is 0. The van der Waals surface area contributed by atoms with Gasteiger partial charge in [0.05, 0.1) is 31.5 Å². The maximum Gasteiger partial charge on any atom is 0.0959 e. The van der Waals surface area contributed by atoms with Crippen LogP contribution in [0.5, 0.6) is 0 Å². The Morgan fingerprint density at radius 2 is 2.38 bits per heavy atom. The van der Waals surface area contributed by atoms with Crippen LogP contribution in [0.4, 0.5) is 0 Å². The molecule has 0 aromatic heterocycles. The van der Waals surface area contributed by atoms with Gasteiger partial charge in [-0.15, -0.1) is 0 Å². The fourth-order valence-corrected chi connectivity index (χ4v) is 1.64. The molecular formula is C9H19NO3. The summed E-state index contributed by atoms with van der Waals surface area (Å²) in [7, 11) is 0. The van der Waals surface area contributed by atoms with Crippen molar-refractivity contribution in [3.63, 3.8) is 0 Å². The molecular weight excluding hydrogens is 170 g/mol. The van der Waals surface area contributed by atoms with Crippen molar-refractivity contribution in [1.82, 2.24) is 0 Å². The third-order valence-electron chi connectivity index (χ3n) is 2.34. The first-order chi connectivity index (χ1) is 6.27. The Bertz CT molecular complexity index is 143. The molecule has 0 aromatic rings. The lowest BCUT2D eigenvalue weighted by Crippen LogP contribution is -2.36. The van der Waals surface area contributed by atoms with E-state index in [1.54, 1.807) is 0 Å². The molecule has 0 bridgehead atoms. The highest BCUT2D eigenvalue weighted by molar-refractivity contribution is 4.79. The van der Waals surface area contributed by atoms with E-state index in [-0.39, 0.29) is 18.8 Å². The van der Waals surface area contributed by atoms with Gasteiger partial charge in [-0.05, 0) is 19.8 Å². The molecule has 1 aliphatic heterocycles. The van der Waals surface area contributed by atoms with Crippen LogP contribution in [0.1, 0.15) is 19.8 Å². The van der Waals surface area contributed by atoms with Gasteiger partial charge >= 0.3 is 0 Å². The summed E-state index contributed by atoms with van der Waals surface area (Å²) in [6, 6.07) is 0. The summed E-state index contributed by atoms with van der Waals surface area (Å²) >= 11 is 0. The molecule has 1 aliphatic rings. The van der Waals surface area contributed by atoms with Gasteiger partial charge in [0.25, 0.3) is 0 Å². The Morgan fingerprint density at radius 3 is 2.85 bits per heavy atom. The van der Waals surface area contributed by atoms with E-state index in [2.05, 4.69) is 6.92 Å². The molecule has 0 saturated carbocycles. The van der Waals surface area contributed by atoms with Gasteiger partial charge in [-0.25, -0.2) is 0 Å². The molecule has 0 aliphatic carbocycles. The summed E-state index contributed by atoms with van der Waals surface area (Å²) in [5, 5.41) is 8.60. The van der Waals surface area contributed by atoms with Gasteiger partial charge in [0, 0.05) is 6.54 Å². The molecule has 4 nitrogen and oxygen atoms in total. The highest BCUT2D eigenvalue weighted by Gasteiger charge is 2.29. The minimum absolute atomic E-state index is 0.0404. The Kier molecular flexibility index (Phi) is 4.66. The number of rotatable bonds is 5. The predicted octanol–water partition coefficient (Wildman–Crippen LogP) is -0.110. The fraction of sp³-hybridized carbons (Fsp3) is 1.00. The summed E-state index contributed by atoms with van der Waals surface area (Å²) in [6.45, 7) is 2.89. The van der Waals surface area contributed by atoms with Crippen molar-refractivity contribution < 1.29 is 14.6 Å². The largest absolute Gasteiger partial charge is 0.394 e. The van der Waals surface area contributed by atoms with Gasteiger partial charge in [0.15, 0.2) is 0 Å². The second-order valence-electron chi connectivity index (χ2n) is 3.43. The standard InChI is InChI=1S/C9H19NO3/c1-7-2-3-8(13-7)9(6-10)12-5-4-11/h7-9,11H,2-6,10H2,1H3. The average molecular weight is 189 g/mol. The molecule has 1 saturated heterocycles. The average Bonchev–Trinajstić information content (AvgIpc) is 2.54. The van der Waals surface area contributed by atoms with E-state index >= 15 is 0 Å². The van der Waals surface area contributed by atoms with Crippen LogP contribution in [0.3, 0.4) is 0 Å². The van der Waals surface area contributed by atoms with Crippen LogP contribution in [0, 0.1) is 0 Å². The summed E-state index contributed by atoms with van der Waals surface area (Å²) < 4.78 is 11.0. The number of aliphatic hydroxyl groups excluding tert-OH is 1. The van der Waals surface area contributed by atoms with Crippen molar-refractivity contribution in [3.8, 4) is 0 Å². The lowest BCUT2D eigenvalue weighted by molar-refractivity contribution is -0.0675. The van der Waals surface area contributed by atoms with Gasteiger partial charge in [-0.1, -0.05) is 0 Å². The number of nitrogens with two attached hydrogens (primary N) is 1. The van der Waals surface area contributed by atoms with E-state index in [0.717, 1.165) is 12.8 Å². The second-order valence-corrected chi connectivity index (χ2v) is 3.43. The quantitative estimate of drug-likeness (QED) is 0.633. The van der Waals surface area contributed by atoms with Crippen LogP contribution >= 0.6 is 0 Å². The van der Waals surface area contributed by atoms with Crippen LogP contribution in [0.15, 0.2) is 0 Å². The molecule has 3 N–H and O–H groups in total. The molecule has 1 rings (SSSR count). The first kappa shape index (κ1) is 10.9. The topological polar surface area (TPSA) is 64.7 Å². The Morgan fingerprint density at radius 1 is 1.62 bits per heavy atom. The maximum absolute atomic E-state index is 8.60. The van der Waals surface area contributed by atoms with Crippen molar-refractivity contribution in [3.05, 3.63) is 0 Å². The van der Waals surface area contributed by atoms with Crippen LogP contribution in [-0.2, 0) is 9.47 Å². The lowest BCUT2D eigenvalue weighted by atomic mass is 10.1. The number of hydrogen-bond donors (Lipinski definition) is 2. The number of aliphatic hydroxyl groups is 1. The minimum atomic E-state index is -0.0582. The predicted molar refractivity (Wildman–Crippen MR) is 49.4 cm³/mol. The van der Waals surface area contributed by atoms with E-state index in [9.17, 15) is 0 Å². The fourth-order valence-electron chi connectivity index (χ4n) is 1.64. The van der Waals surface area contributed by atoms with E-state index in [4.69, 9.17) is 20.3 Å². The Hall–Kier alpha value is -0.160. The summed E-state index contributed by atoms with van der Waals surface area (Å²) in [4.78, 5) is 0. The van der Waals surface area contributed by atoms with Crippen LogP contribution in [0.25, 0.3) is 0 Å². The highest BCUT2D eigenvalue weighted by Crippen LogP contribution is 2.22. The van der Waals surface area contributed by atoms with Crippen LogP contribution in [0.2, 0.25) is 0 Å². The molecule has 13 heavy (non-hydrogen) atoms. The van der Waals surface area contributed by atoms with Crippen molar-refractivity contribution in [2.75, 3.05) is 19.8 Å². The van der Waals surface area contributed by atoms with Gasteiger partial charge in [0.2, 0.25) is 0 Å².